The molecule has 0 fully saturated rings. The minimum Gasteiger partial charge on any atom is -0.448 e. The number of nitro benzene ring substituents is 1. The Morgan fingerprint density at radius 1 is 1.22 bits per heavy atom. The number of thioether (sulfide) groups is 1. The number of aromatic nitrogens is 3. The van der Waals surface area contributed by atoms with E-state index >= 15 is 0 Å². The van der Waals surface area contributed by atoms with Crippen LogP contribution in [0.25, 0.3) is 11.3 Å². The number of hydrogen-bond acceptors (Lipinski definition) is 8. The molecular weight excluding hydrogens is 434 g/mol. The van der Waals surface area contributed by atoms with Gasteiger partial charge in [0.2, 0.25) is 11.0 Å². The molecule has 136 valence electrons. The third kappa shape index (κ3) is 3.45. The summed E-state index contributed by atoms with van der Waals surface area (Å²) in [6.07, 6.45) is 1.27. The van der Waals surface area contributed by atoms with Gasteiger partial charge in [-0.05, 0) is 36.6 Å². The lowest BCUT2D eigenvalue weighted by molar-refractivity contribution is -0.384. The van der Waals surface area contributed by atoms with Gasteiger partial charge in [-0.15, -0.1) is 10.2 Å². The zero-order chi connectivity index (χ0) is 19.0. The highest BCUT2D eigenvalue weighted by atomic mass is 79.9. The maximum Gasteiger partial charge on any atom is 0.269 e. The Labute approximate surface area is 166 Å². The molecule has 1 aromatic heterocycles. The Bertz CT molecular complexity index is 1030. The molecule has 0 radical (unpaired) electrons. The van der Waals surface area contributed by atoms with E-state index in [-0.39, 0.29) is 5.69 Å². The maximum atomic E-state index is 10.9. The van der Waals surface area contributed by atoms with Crippen molar-refractivity contribution in [2.45, 2.75) is 11.4 Å². The van der Waals surface area contributed by atoms with Crippen molar-refractivity contribution in [1.82, 2.24) is 15.2 Å². The molecule has 0 spiro atoms. The van der Waals surface area contributed by atoms with Crippen LogP contribution in [-0.2, 0) is 0 Å². The molecule has 8 nitrogen and oxygen atoms in total. The van der Waals surface area contributed by atoms with Crippen LogP contribution in [0.3, 0.4) is 0 Å². The van der Waals surface area contributed by atoms with Gasteiger partial charge in [-0.1, -0.05) is 27.7 Å². The van der Waals surface area contributed by atoms with Gasteiger partial charge in [-0.2, -0.15) is 4.98 Å². The second-order valence-electron chi connectivity index (χ2n) is 5.63. The number of benzene rings is 2. The molecule has 4 rings (SSSR count). The van der Waals surface area contributed by atoms with Crippen molar-refractivity contribution < 1.29 is 9.66 Å². The third-order valence-corrected chi connectivity index (χ3v) is 5.01. The Morgan fingerprint density at radius 3 is 2.70 bits per heavy atom. The van der Waals surface area contributed by atoms with Crippen molar-refractivity contribution in [3.05, 3.63) is 62.6 Å². The molecule has 0 aliphatic carbocycles. The quantitative estimate of drug-likeness (QED) is 0.358. The van der Waals surface area contributed by atoms with Crippen LogP contribution < -0.4 is 10.1 Å². The molecule has 10 heteroatoms. The predicted octanol–water partition coefficient (Wildman–Crippen LogP) is 4.43. The fourth-order valence-corrected chi connectivity index (χ4v) is 3.34. The number of ether oxygens (including phenoxy) is 1. The first-order valence-corrected chi connectivity index (χ1v) is 9.83. The third-order valence-electron chi connectivity index (χ3n) is 3.98. The smallest absolute Gasteiger partial charge is 0.269 e. The highest BCUT2D eigenvalue weighted by Gasteiger charge is 2.26. The van der Waals surface area contributed by atoms with Crippen molar-refractivity contribution in [3.63, 3.8) is 0 Å². The lowest BCUT2D eigenvalue weighted by atomic mass is 10.1. The van der Waals surface area contributed by atoms with Gasteiger partial charge in [-0.3, -0.25) is 10.1 Å². The topological polar surface area (TPSA) is 103 Å². The number of nitrogens with zero attached hydrogens (tertiary/aromatic N) is 4. The summed E-state index contributed by atoms with van der Waals surface area (Å²) >= 11 is 4.84. The number of halogens is 1. The van der Waals surface area contributed by atoms with Gasteiger partial charge in [0.25, 0.3) is 5.69 Å². The van der Waals surface area contributed by atoms with E-state index in [1.807, 2.05) is 24.5 Å². The van der Waals surface area contributed by atoms with E-state index in [1.165, 1.54) is 23.9 Å². The Morgan fingerprint density at radius 2 is 2.00 bits per heavy atom. The van der Waals surface area contributed by atoms with Crippen LogP contribution in [0.5, 0.6) is 5.88 Å². The molecular formula is C17H12BrN5O3S. The summed E-state index contributed by atoms with van der Waals surface area (Å²) in [6.45, 7) is 0. The number of anilines is 1. The van der Waals surface area contributed by atoms with Crippen LogP contribution in [0, 0.1) is 10.1 Å². The first-order valence-electron chi connectivity index (χ1n) is 7.81. The van der Waals surface area contributed by atoms with Gasteiger partial charge in [0, 0.05) is 33.4 Å². The SMILES string of the molecule is CSc1nnc2c(n1)O[C@@H](c1ccc([N+](=O)[O-])cc1)Nc1ccc(Br)cc1-2. The van der Waals surface area contributed by atoms with Crippen molar-refractivity contribution >= 4 is 39.1 Å². The van der Waals surface area contributed by atoms with Crippen molar-refractivity contribution in [2.75, 3.05) is 11.6 Å². The molecule has 0 unspecified atom stereocenters. The van der Waals surface area contributed by atoms with Crippen LogP contribution in [0.1, 0.15) is 11.8 Å². The molecule has 27 heavy (non-hydrogen) atoms. The van der Waals surface area contributed by atoms with E-state index in [4.69, 9.17) is 4.74 Å². The summed E-state index contributed by atoms with van der Waals surface area (Å²) in [6, 6.07) is 11.9. The molecule has 0 bridgehead atoms. The second kappa shape index (κ2) is 7.12. The van der Waals surface area contributed by atoms with E-state index in [9.17, 15) is 10.1 Å². The first-order chi connectivity index (χ1) is 13.0. The van der Waals surface area contributed by atoms with Crippen molar-refractivity contribution in [2.24, 2.45) is 0 Å². The monoisotopic (exact) mass is 445 g/mol. The fourth-order valence-electron chi connectivity index (χ4n) is 2.68. The van der Waals surface area contributed by atoms with Crippen LogP contribution in [-0.4, -0.2) is 26.4 Å². The molecule has 2 heterocycles. The lowest BCUT2D eigenvalue weighted by Crippen LogP contribution is -2.17. The highest BCUT2D eigenvalue weighted by molar-refractivity contribution is 9.10. The zero-order valence-corrected chi connectivity index (χ0v) is 16.3. The number of rotatable bonds is 3. The van der Waals surface area contributed by atoms with E-state index in [0.29, 0.717) is 16.7 Å². The van der Waals surface area contributed by atoms with Gasteiger partial charge in [0.05, 0.1) is 4.92 Å². The summed E-state index contributed by atoms with van der Waals surface area (Å²) in [5.74, 6) is 0.349. The molecule has 3 aromatic rings. The maximum absolute atomic E-state index is 10.9. The van der Waals surface area contributed by atoms with Crippen molar-refractivity contribution in [1.29, 1.82) is 0 Å². The van der Waals surface area contributed by atoms with Gasteiger partial charge < -0.3 is 10.1 Å². The number of non-ortho nitro benzene ring substituents is 1. The molecule has 0 saturated heterocycles. The van der Waals surface area contributed by atoms with Crippen LogP contribution >= 0.6 is 27.7 Å². The molecule has 1 aliphatic rings. The summed E-state index contributed by atoms with van der Waals surface area (Å²) in [7, 11) is 0. The molecule has 0 saturated carbocycles. The Hall–Kier alpha value is -2.72. The zero-order valence-electron chi connectivity index (χ0n) is 13.9. The standard InChI is InChI=1S/C17H12BrN5O3S/c1-27-17-20-16-14(21-22-17)12-8-10(18)4-7-13(12)19-15(26-16)9-2-5-11(6-3-9)23(24)25/h2-8,15,19H,1H3/t15-/m0/s1. The number of fused-ring (bicyclic) bond motifs is 3. The lowest BCUT2D eigenvalue weighted by Gasteiger charge is -2.19. The van der Waals surface area contributed by atoms with E-state index in [2.05, 4.69) is 36.4 Å². The summed E-state index contributed by atoms with van der Waals surface area (Å²) in [5, 5.41) is 23.1. The number of nitro groups is 1. The van der Waals surface area contributed by atoms with Gasteiger partial charge in [0.1, 0.15) is 0 Å². The molecule has 0 amide bonds. The van der Waals surface area contributed by atoms with E-state index in [1.54, 1.807) is 12.1 Å². The Balaban J connectivity index is 1.82. The number of nitrogens with one attached hydrogen (secondary N) is 1. The van der Waals surface area contributed by atoms with E-state index < -0.39 is 11.2 Å². The van der Waals surface area contributed by atoms with Crippen LogP contribution in [0.15, 0.2) is 52.1 Å². The summed E-state index contributed by atoms with van der Waals surface area (Å²) in [5.41, 5.74) is 2.88. The average Bonchev–Trinajstić information content (AvgIpc) is 2.84. The fraction of sp³-hybridized carbons (Fsp3) is 0.118. The highest BCUT2D eigenvalue weighted by Crippen LogP contribution is 2.40. The largest absolute Gasteiger partial charge is 0.448 e. The van der Waals surface area contributed by atoms with Crippen LogP contribution in [0.2, 0.25) is 0 Å². The van der Waals surface area contributed by atoms with Gasteiger partial charge in [-0.25, -0.2) is 0 Å². The Kier molecular flexibility index (Phi) is 4.66. The average molecular weight is 446 g/mol. The summed E-state index contributed by atoms with van der Waals surface area (Å²) in [4.78, 5) is 14.9. The predicted molar refractivity (Wildman–Crippen MR) is 105 cm³/mol. The summed E-state index contributed by atoms with van der Waals surface area (Å²) < 4.78 is 6.97. The normalized spacial score (nSPS) is 15.0. The molecule has 1 atom stereocenters. The molecule has 1 aliphatic heterocycles. The van der Waals surface area contributed by atoms with Gasteiger partial charge in [0.15, 0.2) is 11.9 Å². The molecule has 1 N–H and O–H groups in total. The minimum atomic E-state index is -0.585. The minimum absolute atomic E-state index is 0.0192. The van der Waals surface area contributed by atoms with Crippen molar-refractivity contribution in [3.8, 4) is 17.1 Å². The molecule has 2 aromatic carbocycles. The second-order valence-corrected chi connectivity index (χ2v) is 7.32. The number of hydrogen-bond donors (Lipinski definition) is 1. The first kappa shape index (κ1) is 17.7. The van der Waals surface area contributed by atoms with Gasteiger partial charge >= 0.3 is 0 Å². The van der Waals surface area contributed by atoms with E-state index in [0.717, 1.165) is 21.3 Å². The van der Waals surface area contributed by atoms with Crippen LogP contribution in [0.4, 0.5) is 11.4 Å².